The highest BCUT2D eigenvalue weighted by molar-refractivity contribution is 5.86. The van der Waals surface area contributed by atoms with Gasteiger partial charge in [0.25, 0.3) is 0 Å². The van der Waals surface area contributed by atoms with Crippen LogP contribution in [0.5, 0.6) is 0 Å². The van der Waals surface area contributed by atoms with Gasteiger partial charge < -0.3 is 21.1 Å². The average molecular weight is 284 g/mol. The average Bonchev–Trinajstić information content (AvgIpc) is 2.99. The van der Waals surface area contributed by atoms with E-state index in [1.165, 1.54) is 6.42 Å². The summed E-state index contributed by atoms with van der Waals surface area (Å²) in [6.45, 7) is 1.44. The number of carboxylic acid groups (broad SMARTS) is 1. The second-order valence-electron chi connectivity index (χ2n) is 5.14. The standard InChI is InChI=1S/C12H20N4O4/c17-10(13-7-11(18)19)6-14-12(20)15-8-3-5-16-4-1-2-9(8)16/h8-9H,1-7H2,(H,13,17)(H,18,19)(H2,14,15,20). The molecule has 112 valence electrons. The lowest BCUT2D eigenvalue weighted by Gasteiger charge is -2.21. The maximum atomic E-state index is 11.7. The molecule has 0 spiro atoms. The second-order valence-corrected chi connectivity index (χ2v) is 5.14. The third-order valence-electron chi connectivity index (χ3n) is 3.77. The molecule has 2 atom stereocenters. The first-order valence-electron chi connectivity index (χ1n) is 6.83. The van der Waals surface area contributed by atoms with Crippen LogP contribution in [0.3, 0.4) is 0 Å². The van der Waals surface area contributed by atoms with Gasteiger partial charge in [0.15, 0.2) is 0 Å². The summed E-state index contributed by atoms with van der Waals surface area (Å²) in [5, 5.41) is 15.9. The van der Waals surface area contributed by atoms with E-state index in [1.807, 2.05) is 0 Å². The van der Waals surface area contributed by atoms with Crippen molar-refractivity contribution < 1.29 is 19.5 Å². The number of aliphatic carboxylic acids is 1. The summed E-state index contributed by atoms with van der Waals surface area (Å²) in [5.41, 5.74) is 0. The zero-order valence-electron chi connectivity index (χ0n) is 11.2. The van der Waals surface area contributed by atoms with Gasteiger partial charge in [-0.3, -0.25) is 14.5 Å². The Bertz CT molecular complexity index is 401. The van der Waals surface area contributed by atoms with Gasteiger partial charge in [0, 0.05) is 18.6 Å². The van der Waals surface area contributed by atoms with E-state index in [0.29, 0.717) is 6.04 Å². The number of fused-ring (bicyclic) bond motifs is 1. The van der Waals surface area contributed by atoms with Gasteiger partial charge in [-0.2, -0.15) is 0 Å². The Balaban J connectivity index is 1.65. The normalized spacial score (nSPS) is 25.0. The Labute approximate surface area is 116 Å². The molecule has 0 aromatic carbocycles. The molecule has 2 rings (SSSR count). The Morgan fingerprint density at radius 1 is 1.10 bits per heavy atom. The van der Waals surface area contributed by atoms with E-state index in [2.05, 4.69) is 20.9 Å². The fourth-order valence-electron chi connectivity index (χ4n) is 2.87. The lowest BCUT2D eigenvalue weighted by Crippen LogP contribution is -2.49. The molecule has 8 heteroatoms. The summed E-state index contributed by atoms with van der Waals surface area (Å²) in [6, 6.07) is 0.176. The van der Waals surface area contributed by atoms with Crippen LogP contribution < -0.4 is 16.0 Å². The predicted molar refractivity (Wildman–Crippen MR) is 70.2 cm³/mol. The van der Waals surface area contributed by atoms with Crippen LogP contribution in [0.1, 0.15) is 19.3 Å². The summed E-state index contributed by atoms with van der Waals surface area (Å²) in [4.78, 5) is 35.6. The number of hydrogen-bond donors (Lipinski definition) is 4. The van der Waals surface area contributed by atoms with Crippen LogP contribution in [0.4, 0.5) is 4.79 Å². The van der Waals surface area contributed by atoms with E-state index in [4.69, 9.17) is 5.11 Å². The molecule has 2 unspecified atom stereocenters. The van der Waals surface area contributed by atoms with E-state index >= 15 is 0 Å². The highest BCUT2D eigenvalue weighted by atomic mass is 16.4. The number of nitrogens with one attached hydrogen (secondary N) is 3. The van der Waals surface area contributed by atoms with Crippen molar-refractivity contribution in [2.24, 2.45) is 0 Å². The van der Waals surface area contributed by atoms with Gasteiger partial charge in [-0.25, -0.2) is 4.79 Å². The maximum Gasteiger partial charge on any atom is 0.322 e. The molecule has 2 aliphatic rings. The molecule has 3 amide bonds. The summed E-state index contributed by atoms with van der Waals surface area (Å²) < 4.78 is 0. The molecule has 2 fully saturated rings. The van der Waals surface area contributed by atoms with Crippen LogP contribution in [0, 0.1) is 0 Å². The molecule has 2 aliphatic heterocycles. The molecule has 2 heterocycles. The Morgan fingerprint density at radius 3 is 2.65 bits per heavy atom. The molecule has 0 radical (unpaired) electrons. The fraction of sp³-hybridized carbons (Fsp3) is 0.750. The zero-order valence-corrected chi connectivity index (χ0v) is 11.2. The van der Waals surface area contributed by atoms with Crippen LogP contribution >= 0.6 is 0 Å². The van der Waals surface area contributed by atoms with Gasteiger partial charge in [-0.15, -0.1) is 0 Å². The second kappa shape index (κ2) is 6.56. The SMILES string of the molecule is O=C(O)CNC(=O)CNC(=O)NC1CCN2CCCC12. The number of carboxylic acids is 1. The van der Waals surface area contributed by atoms with Gasteiger partial charge in [0.1, 0.15) is 6.54 Å². The van der Waals surface area contributed by atoms with Gasteiger partial charge in [-0.1, -0.05) is 0 Å². The monoisotopic (exact) mass is 284 g/mol. The van der Waals surface area contributed by atoms with Crippen molar-refractivity contribution in [3.8, 4) is 0 Å². The van der Waals surface area contributed by atoms with E-state index < -0.39 is 18.4 Å². The highest BCUT2D eigenvalue weighted by Gasteiger charge is 2.37. The van der Waals surface area contributed by atoms with E-state index in [1.54, 1.807) is 0 Å². The minimum atomic E-state index is -1.12. The molecule has 0 aliphatic carbocycles. The zero-order chi connectivity index (χ0) is 14.5. The Morgan fingerprint density at radius 2 is 1.90 bits per heavy atom. The maximum absolute atomic E-state index is 11.7. The molecule has 20 heavy (non-hydrogen) atoms. The van der Waals surface area contributed by atoms with E-state index in [0.717, 1.165) is 25.9 Å². The number of nitrogens with zero attached hydrogens (tertiary/aromatic N) is 1. The van der Waals surface area contributed by atoms with Gasteiger partial charge in [0.05, 0.1) is 6.54 Å². The summed E-state index contributed by atoms with van der Waals surface area (Å²) in [6.07, 6.45) is 3.20. The highest BCUT2D eigenvalue weighted by Crippen LogP contribution is 2.27. The summed E-state index contributed by atoms with van der Waals surface area (Å²) in [5.74, 6) is -1.63. The number of amides is 3. The summed E-state index contributed by atoms with van der Waals surface area (Å²) >= 11 is 0. The van der Waals surface area contributed by atoms with Crippen molar-refractivity contribution in [2.45, 2.75) is 31.3 Å². The quantitative estimate of drug-likeness (QED) is 0.503. The summed E-state index contributed by atoms with van der Waals surface area (Å²) in [7, 11) is 0. The Kier molecular flexibility index (Phi) is 4.78. The lowest BCUT2D eigenvalue weighted by atomic mass is 10.1. The van der Waals surface area contributed by atoms with Crippen LogP contribution in [0.2, 0.25) is 0 Å². The molecule has 0 aromatic rings. The van der Waals surface area contributed by atoms with Crippen molar-refractivity contribution in [1.82, 2.24) is 20.9 Å². The van der Waals surface area contributed by atoms with E-state index in [-0.39, 0.29) is 18.6 Å². The van der Waals surface area contributed by atoms with Crippen LogP contribution in [-0.2, 0) is 9.59 Å². The lowest BCUT2D eigenvalue weighted by molar-refractivity contribution is -0.137. The smallest absolute Gasteiger partial charge is 0.322 e. The van der Waals surface area contributed by atoms with Crippen LogP contribution in [-0.4, -0.2) is 66.2 Å². The number of carbonyl (C=O) groups is 3. The fourth-order valence-corrected chi connectivity index (χ4v) is 2.87. The third-order valence-corrected chi connectivity index (χ3v) is 3.77. The molecule has 2 saturated heterocycles. The molecular formula is C12H20N4O4. The van der Waals surface area contributed by atoms with E-state index in [9.17, 15) is 14.4 Å². The van der Waals surface area contributed by atoms with Crippen molar-refractivity contribution in [3.63, 3.8) is 0 Å². The van der Waals surface area contributed by atoms with Gasteiger partial charge in [-0.05, 0) is 25.8 Å². The minimum Gasteiger partial charge on any atom is -0.480 e. The van der Waals surface area contributed by atoms with Crippen molar-refractivity contribution >= 4 is 17.9 Å². The first-order valence-corrected chi connectivity index (χ1v) is 6.83. The van der Waals surface area contributed by atoms with Gasteiger partial charge in [0.2, 0.25) is 5.91 Å². The molecular weight excluding hydrogens is 264 g/mol. The third kappa shape index (κ3) is 3.83. The Hall–Kier alpha value is -1.83. The minimum absolute atomic E-state index is 0.139. The number of hydrogen-bond acceptors (Lipinski definition) is 4. The van der Waals surface area contributed by atoms with Crippen molar-refractivity contribution in [2.75, 3.05) is 26.2 Å². The number of carbonyl (C=O) groups excluding carboxylic acids is 2. The number of urea groups is 1. The molecule has 8 nitrogen and oxygen atoms in total. The first-order chi connectivity index (χ1) is 9.56. The van der Waals surface area contributed by atoms with Crippen LogP contribution in [0.15, 0.2) is 0 Å². The number of rotatable bonds is 5. The first kappa shape index (κ1) is 14.6. The van der Waals surface area contributed by atoms with Crippen molar-refractivity contribution in [3.05, 3.63) is 0 Å². The largest absolute Gasteiger partial charge is 0.480 e. The molecule has 0 aromatic heterocycles. The van der Waals surface area contributed by atoms with Gasteiger partial charge >= 0.3 is 12.0 Å². The predicted octanol–water partition coefficient (Wildman–Crippen LogP) is -1.28. The molecule has 4 N–H and O–H groups in total. The van der Waals surface area contributed by atoms with Crippen molar-refractivity contribution in [1.29, 1.82) is 0 Å². The molecule has 0 bridgehead atoms. The topological polar surface area (TPSA) is 111 Å². The molecule has 0 saturated carbocycles. The van der Waals surface area contributed by atoms with Crippen LogP contribution in [0.25, 0.3) is 0 Å².